The summed E-state index contributed by atoms with van der Waals surface area (Å²) in [5, 5.41) is 8.51. The van der Waals surface area contributed by atoms with E-state index >= 15 is 0 Å². The molecule has 0 saturated heterocycles. The summed E-state index contributed by atoms with van der Waals surface area (Å²) in [5.41, 5.74) is 6.25. The van der Waals surface area contributed by atoms with Crippen molar-refractivity contribution in [3.05, 3.63) is 35.9 Å². The first-order valence-corrected chi connectivity index (χ1v) is 5.67. The highest BCUT2D eigenvalue weighted by atomic mass is 16.4. The van der Waals surface area contributed by atoms with Crippen molar-refractivity contribution in [2.24, 2.45) is 5.73 Å². The second kappa shape index (κ2) is 6.68. The fraction of sp³-hybridized carbons (Fsp3) is 0.385. The van der Waals surface area contributed by atoms with Gasteiger partial charge < -0.3 is 10.8 Å². The number of hydrogen-bond acceptors (Lipinski definition) is 2. The minimum Gasteiger partial charge on any atom is -0.481 e. The van der Waals surface area contributed by atoms with E-state index in [0.29, 0.717) is 19.3 Å². The van der Waals surface area contributed by atoms with E-state index < -0.39 is 5.97 Å². The van der Waals surface area contributed by atoms with Crippen LogP contribution in [0.2, 0.25) is 0 Å². The smallest absolute Gasteiger partial charge is 0.303 e. The molecular weight excluding hydrogens is 218 g/mol. The molecule has 4 heteroatoms. The lowest BCUT2D eigenvalue weighted by Crippen LogP contribution is -2.21. The molecule has 3 N–H and O–H groups in total. The molecule has 0 fully saturated rings. The molecule has 0 aliphatic rings. The topological polar surface area (TPSA) is 80.4 Å². The van der Waals surface area contributed by atoms with Gasteiger partial charge in [0.1, 0.15) is 0 Å². The van der Waals surface area contributed by atoms with Gasteiger partial charge in [-0.25, -0.2) is 0 Å². The third-order valence-electron chi connectivity index (χ3n) is 2.68. The van der Waals surface area contributed by atoms with Crippen molar-refractivity contribution in [1.82, 2.24) is 0 Å². The summed E-state index contributed by atoms with van der Waals surface area (Å²) in [6.45, 7) is 0. The lowest BCUT2D eigenvalue weighted by molar-refractivity contribution is -0.137. The van der Waals surface area contributed by atoms with Crippen LogP contribution >= 0.6 is 0 Å². The lowest BCUT2D eigenvalue weighted by Gasteiger charge is -2.13. The van der Waals surface area contributed by atoms with E-state index in [2.05, 4.69) is 0 Å². The third kappa shape index (κ3) is 4.68. The number of amides is 1. The number of hydrogen-bond donors (Lipinski definition) is 2. The maximum atomic E-state index is 11.3. The molecule has 0 aliphatic heterocycles. The predicted molar refractivity (Wildman–Crippen MR) is 64.5 cm³/mol. The molecule has 1 aromatic carbocycles. The average Bonchev–Trinajstić information content (AvgIpc) is 2.29. The quantitative estimate of drug-likeness (QED) is 0.708. The highest BCUT2D eigenvalue weighted by Gasteiger charge is 2.16. The Balaban J connectivity index is 2.51. The van der Waals surface area contributed by atoms with Crippen LogP contribution in [0, 0.1) is 0 Å². The van der Waals surface area contributed by atoms with Crippen LogP contribution in [0.15, 0.2) is 30.3 Å². The first kappa shape index (κ1) is 13.2. The average molecular weight is 235 g/mol. The van der Waals surface area contributed by atoms with Gasteiger partial charge in [-0.2, -0.15) is 0 Å². The Morgan fingerprint density at radius 2 is 1.82 bits per heavy atom. The van der Waals surface area contributed by atoms with Crippen LogP contribution in [-0.2, 0) is 9.59 Å². The molecule has 1 rings (SSSR count). The van der Waals surface area contributed by atoms with Crippen LogP contribution in [0.4, 0.5) is 0 Å². The zero-order valence-corrected chi connectivity index (χ0v) is 9.63. The number of carboxylic acids is 1. The maximum Gasteiger partial charge on any atom is 0.303 e. The molecule has 0 spiro atoms. The Hall–Kier alpha value is -1.84. The van der Waals surface area contributed by atoms with E-state index in [-0.39, 0.29) is 18.2 Å². The van der Waals surface area contributed by atoms with Crippen molar-refractivity contribution in [3.8, 4) is 0 Å². The molecule has 17 heavy (non-hydrogen) atoms. The van der Waals surface area contributed by atoms with Crippen molar-refractivity contribution < 1.29 is 14.7 Å². The normalized spacial score (nSPS) is 12.0. The molecule has 0 saturated carbocycles. The number of carbonyl (C=O) groups excluding carboxylic acids is 1. The Labute approximate surface area is 100 Å². The summed E-state index contributed by atoms with van der Waals surface area (Å²) < 4.78 is 0. The van der Waals surface area contributed by atoms with E-state index in [1.54, 1.807) is 0 Å². The van der Waals surface area contributed by atoms with E-state index in [0.717, 1.165) is 5.56 Å². The predicted octanol–water partition coefficient (Wildman–Crippen LogP) is 1.90. The van der Waals surface area contributed by atoms with Gasteiger partial charge in [0.2, 0.25) is 5.91 Å². The van der Waals surface area contributed by atoms with Gasteiger partial charge in [-0.3, -0.25) is 9.59 Å². The van der Waals surface area contributed by atoms with Gasteiger partial charge in [0.05, 0.1) is 5.92 Å². The van der Waals surface area contributed by atoms with Crippen LogP contribution in [0.1, 0.15) is 37.2 Å². The Morgan fingerprint density at radius 1 is 1.18 bits per heavy atom. The van der Waals surface area contributed by atoms with Crippen molar-refractivity contribution >= 4 is 11.9 Å². The van der Waals surface area contributed by atoms with Crippen molar-refractivity contribution in [1.29, 1.82) is 0 Å². The fourth-order valence-corrected chi connectivity index (χ4v) is 1.78. The van der Waals surface area contributed by atoms with Crippen LogP contribution in [0.5, 0.6) is 0 Å². The fourth-order valence-electron chi connectivity index (χ4n) is 1.78. The Bertz CT molecular complexity index is 376. The first-order chi connectivity index (χ1) is 8.11. The van der Waals surface area contributed by atoms with Crippen LogP contribution in [0.3, 0.4) is 0 Å². The number of unbranched alkanes of at least 4 members (excludes halogenated alkanes) is 1. The van der Waals surface area contributed by atoms with Gasteiger partial charge >= 0.3 is 5.97 Å². The first-order valence-electron chi connectivity index (χ1n) is 5.67. The molecule has 0 heterocycles. The van der Waals surface area contributed by atoms with Gasteiger partial charge in [0.15, 0.2) is 0 Å². The van der Waals surface area contributed by atoms with Gasteiger partial charge in [-0.15, -0.1) is 0 Å². The summed E-state index contributed by atoms with van der Waals surface area (Å²) in [7, 11) is 0. The van der Waals surface area contributed by atoms with Gasteiger partial charge in [-0.1, -0.05) is 36.8 Å². The van der Waals surface area contributed by atoms with Gasteiger partial charge in [0, 0.05) is 6.42 Å². The maximum absolute atomic E-state index is 11.3. The lowest BCUT2D eigenvalue weighted by atomic mass is 9.92. The molecule has 0 aliphatic carbocycles. The van der Waals surface area contributed by atoms with Gasteiger partial charge in [0.25, 0.3) is 0 Å². The van der Waals surface area contributed by atoms with E-state index in [1.807, 2.05) is 30.3 Å². The monoisotopic (exact) mass is 235 g/mol. The minimum absolute atomic E-state index is 0.139. The second-order valence-electron chi connectivity index (χ2n) is 4.01. The number of benzene rings is 1. The molecular formula is C13H17NO3. The molecule has 1 unspecified atom stereocenters. The SMILES string of the molecule is NC(=O)C(CCCCC(=O)O)c1ccccc1. The molecule has 1 atom stereocenters. The van der Waals surface area contributed by atoms with E-state index in [1.165, 1.54) is 0 Å². The van der Waals surface area contributed by atoms with E-state index in [9.17, 15) is 9.59 Å². The summed E-state index contributed by atoms with van der Waals surface area (Å²) >= 11 is 0. The molecule has 92 valence electrons. The summed E-state index contributed by atoms with van der Waals surface area (Å²) in [4.78, 5) is 21.7. The number of primary amides is 1. The van der Waals surface area contributed by atoms with E-state index in [4.69, 9.17) is 10.8 Å². The van der Waals surface area contributed by atoms with Gasteiger partial charge in [-0.05, 0) is 18.4 Å². The minimum atomic E-state index is -0.805. The summed E-state index contributed by atoms with van der Waals surface area (Å²) in [6, 6.07) is 9.34. The summed E-state index contributed by atoms with van der Waals surface area (Å²) in [5.74, 6) is -1.48. The molecule has 0 radical (unpaired) electrons. The zero-order chi connectivity index (χ0) is 12.7. The number of aliphatic carboxylic acids is 1. The highest BCUT2D eigenvalue weighted by Crippen LogP contribution is 2.21. The Morgan fingerprint density at radius 3 is 2.35 bits per heavy atom. The molecule has 0 bridgehead atoms. The number of carboxylic acid groups (broad SMARTS) is 1. The third-order valence-corrected chi connectivity index (χ3v) is 2.68. The number of carbonyl (C=O) groups is 2. The Kier molecular flexibility index (Phi) is 5.20. The standard InChI is InChI=1S/C13H17NO3/c14-13(17)11(8-4-5-9-12(15)16)10-6-2-1-3-7-10/h1-3,6-7,11H,4-5,8-9H2,(H2,14,17)(H,15,16). The number of rotatable bonds is 7. The van der Waals surface area contributed by atoms with Crippen LogP contribution in [-0.4, -0.2) is 17.0 Å². The number of nitrogens with two attached hydrogens (primary N) is 1. The largest absolute Gasteiger partial charge is 0.481 e. The zero-order valence-electron chi connectivity index (χ0n) is 9.63. The summed E-state index contributed by atoms with van der Waals surface area (Å²) in [6.07, 6.45) is 2.01. The van der Waals surface area contributed by atoms with Crippen LogP contribution < -0.4 is 5.73 Å². The molecule has 0 aromatic heterocycles. The molecule has 1 aromatic rings. The van der Waals surface area contributed by atoms with Crippen LogP contribution in [0.25, 0.3) is 0 Å². The van der Waals surface area contributed by atoms with Crippen molar-refractivity contribution in [2.75, 3.05) is 0 Å². The molecule has 1 amide bonds. The highest BCUT2D eigenvalue weighted by molar-refractivity contribution is 5.81. The van der Waals surface area contributed by atoms with Crippen molar-refractivity contribution in [3.63, 3.8) is 0 Å². The molecule has 4 nitrogen and oxygen atoms in total. The second-order valence-corrected chi connectivity index (χ2v) is 4.01. The van der Waals surface area contributed by atoms with Crippen molar-refractivity contribution in [2.45, 2.75) is 31.6 Å².